The largest absolute Gasteiger partial charge is 0.573 e. The second-order valence-corrected chi connectivity index (χ2v) is 8.27. The predicted molar refractivity (Wildman–Crippen MR) is 96.2 cm³/mol. The Kier molecular flexibility index (Phi) is 4.01. The number of thioether (sulfide) groups is 1. The van der Waals surface area contributed by atoms with Gasteiger partial charge >= 0.3 is 6.36 Å². The van der Waals surface area contributed by atoms with Crippen LogP contribution in [0.25, 0.3) is 4.91 Å². The molecule has 2 aliphatic rings. The topological polar surface area (TPSA) is 61.2 Å². The molecule has 0 spiro atoms. The molecule has 1 aliphatic heterocycles. The van der Waals surface area contributed by atoms with E-state index in [2.05, 4.69) is 9.84 Å². The fourth-order valence-corrected chi connectivity index (χ4v) is 4.65. The van der Waals surface area contributed by atoms with Gasteiger partial charge in [-0.15, -0.1) is 13.2 Å². The summed E-state index contributed by atoms with van der Waals surface area (Å²) >= 11 is 1.18. The molecular formula is C19H15F3N2O3S. The zero-order valence-corrected chi connectivity index (χ0v) is 16.0. The number of fused-ring (bicyclic) bond motifs is 3. The van der Waals surface area contributed by atoms with E-state index in [1.54, 1.807) is 20.0 Å². The van der Waals surface area contributed by atoms with Gasteiger partial charge in [0, 0.05) is 40.5 Å². The van der Waals surface area contributed by atoms with Gasteiger partial charge in [-0.3, -0.25) is 9.59 Å². The van der Waals surface area contributed by atoms with Crippen LogP contribution in [-0.2, 0) is 16.6 Å². The number of hydrogen-bond donors (Lipinski definition) is 0. The number of allylic oxidation sites excluding steroid dienone is 1. The molecule has 28 heavy (non-hydrogen) atoms. The lowest BCUT2D eigenvalue weighted by Crippen LogP contribution is -2.35. The van der Waals surface area contributed by atoms with Crippen LogP contribution in [0.1, 0.15) is 42.4 Å². The van der Waals surface area contributed by atoms with E-state index >= 15 is 0 Å². The van der Waals surface area contributed by atoms with E-state index in [0.717, 1.165) is 5.56 Å². The van der Waals surface area contributed by atoms with Gasteiger partial charge in [-0.25, -0.2) is 4.68 Å². The number of halogens is 3. The van der Waals surface area contributed by atoms with E-state index in [1.165, 1.54) is 41.6 Å². The summed E-state index contributed by atoms with van der Waals surface area (Å²) < 4.78 is 42.8. The highest BCUT2D eigenvalue weighted by molar-refractivity contribution is 8.08. The minimum atomic E-state index is -4.78. The van der Waals surface area contributed by atoms with Crippen molar-refractivity contribution in [3.8, 4) is 5.75 Å². The molecule has 2 aromatic rings. The molecule has 0 bridgehead atoms. The average molecular weight is 408 g/mol. The van der Waals surface area contributed by atoms with Crippen molar-refractivity contribution in [1.82, 2.24) is 9.78 Å². The molecule has 0 unspecified atom stereocenters. The smallest absolute Gasteiger partial charge is 0.406 e. The van der Waals surface area contributed by atoms with Crippen LogP contribution < -0.4 is 4.74 Å². The lowest BCUT2D eigenvalue weighted by molar-refractivity contribution is -0.274. The number of ether oxygens (including phenoxy) is 1. The van der Waals surface area contributed by atoms with Crippen LogP contribution in [0.4, 0.5) is 13.2 Å². The number of aromatic nitrogens is 2. The third-order valence-electron chi connectivity index (χ3n) is 4.89. The molecular weight excluding hydrogens is 393 g/mol. The van der Waals surface area contributed by atoms with E-state index in [4.69, 9.17) is 0 Å². The minimum absolute atomic E-state index is 0.0770. The third kappa shape index (κ3) is 2.94. The van der Waals surface area contributed by atoms with Crippen molar-refractivity contribution in [2.75, 3.05) is 0 Å². The predicted octanol–water partition coefficient (Wildman–Crippen LogP) is 4.36. The Hall–Kier alpha value is -2.55. The molecule has 0 saturated heterocycles. The number of hydrogen-bond acceptors (Lipinski definition) is 5. The lowest BCUT2D eigenvalue weighted by Gasteiger charge is -2.33. The van der Waals surface area contributed by atoms with E-state index in [-0.39, 0.29) is 17.4 Å². The molecule has 146 valence electrons. The van der Waals surface area contributed by atoms with Crippen molar-refractivity contribution >= 4 is 28.4 Å². The van der Waals surface area contributed by atoms with Crippen molar-refractivity contribution in [3.63, 3.8) is 0 Å². The van der Waals surface area contributed by atoms with E-state index in [0.29, 0.717) is 33.1 Å². The fraction of sp³-hybridized carbons (Fsp3) is 0.316. The van der Waals surface area contributed by atoms with Gasteiger partial charge in [0.1, 0.15) is 11.4 Å². The molecule has 0 N–H and O–H groups in total. The summed E-state index contributed by atoms with van der Waals surface area (Å²) in [5.74, 6) is -0.687. The van der Waals surface area contributed by atoms with Crippen LogP contribution in [0, 0.1) is 0 Å². The van der Waals surface area contributed by atoms with E-state index < -0.39 is 11.8 Å². The number of alkyl halides is 3. The van der Waals surface area contributed by atoms with Crippen LogP contribution in [0.5, 0.6) is 5.75 Å². The molecule has 0 fully saturated rings. The summed E-state index contributed by atoms with van der Waals surface area (Å²) in [5, 5.41) is 4.34. The zero-order valence-electron chi connectivity index (χ0n) is 15.2. The van der Waals surface area contributed by atoms with Crippen molar-refractivity contribution in [2.45, 2.75) is 43.9 Å². The Morgan fingerprint density at radius 2 is 2.04 bits per heavy atom. The van der Waals surface area contributed by atoms with Crippen LogP contribution in [0.15, 0.2) is 34.9 Å². The highest BCUT2D eigenvalue weighted by Crippen LogP contribution is 2.51. The maximum atomic E-state index is 13.1. The van der Waals surface area contributed by atoms with Crippen LogP contribution in [-0.4, -0.2) is 27.8 Å². The number of carbonyl (C=O) groups is 2. The Morgan fingerprint density at radius 1 is 1.32 bits per heavy atom. The van der Waals surface area contributed by atoms with Crippen molar-refractivity contribution < 1.29 is 27.5 Å². The molecule has 1 aliphatic carbocycles. The first-order valence-electron chi connectivity index (χ1n) is 8.43. The summed E-state index contributed by atoms with van der Waals surface area (Å²) in [6, 6.07) is 4.09. The molecule has 9 heteroatoms. The summed E-state index contributed by atoms with van der Waals surface area (Å²) in [6.45, 7) is 4.93. The normalized spacial score (nSPS) is 17.7. The van der Waals surface area contributed by atoms with Crippen LogP contribution in [0.2, 0.25) is 0 Å². The van der Waals surface area contributed by atoms with Gasteiger partial charge < -0.3 is 4.74 Å². The van der Waals surface area contributed by atoms with Gasteiger partial charge in [0.25, 0.3) is 0 Å². The molecule has 2 heterocycles. The number of ketones is 1. The van der Waals surface area contributed by atoms with Crippen molar-refractivity contribution in [1.29, 1.82) is 0 Å². The van der Waals surface area contributed by atoms with Gasteiger partial charge in [0.05, 0.1) is 5.41 Å². The quantitative estimate of drug-likeness (QED) is 0.702. The first kappa shape index (κ1) is 18.8. The maximum Gasteiger partial charge on any atom is 0.573 e. The molecule has 1 aromatic carbocycles. The van der Waals surface area contributed by atoms with Gasteiger partial charge in [0.2, 0.25) is 5.91 Å². The Bertz CT molecular complexity index is 1070. The maximum absolute atomic E-state index is 13.1. The SMILES string of the molecule is CC(=O)n1cc2c(n1)C1=C(Cc3ccc(OC(F)(F)F)cc3S1)C(=O)C2(C)C. The van der Waals surface area contributed by atoms with Gasteiger partial charge in [-0.1, -0.05) is 17.8 Å². The lowest BCUT2D eigenvalue weighted by atomic mass is 9.73. The Morgan fingerprint density at radius 3 is 2.68 bits per heavy atom. The summed E-state index contributed by atoms with van der Waals surface area (Å²) in [5.41, 5.74) is 1.61. The summed E-state index contributed by atoms with van der Waals surface area (Å²) in [6.07, 6.45) is -2.94. The van der Waals surface area contributed by atoms with Gasteiger partial charge in [-0.2, -0.15) is 5.10 Å². The second-order valence-electron chi connectivity index (χ2n) is 7.21. The highest BCUT2D eigenvalue weighted by atomic mass is 32.2. The monoisotopic (exact) mass is 408 g/mol. The standard InChI is InChI=1S/C19H15F3N2O3S/c1-9(25)24-8-13-15(23-24)16-12(17(26)18(13,2)3)6-10-4-5-11(7-14(10)28-16)27-19(20,21)22/h4-5,7-8H,6H2,1-3H3. The molecule has 0 radical (unpaired) electrons. The molecule has 0 amide bonds. The summed E-state index contributed by atoms with van der Waals surface area (Å²) in [7, 11) is 0. The molecule has 1 aromatic heterocycles. The number of rotatable bonds is 1. The fourth-order valence-electron chi connectivity index (χ4n) is 3.45. The Balaban J connectivity index is 1.81. The third-order valence-corrected chi connectivity index (χ3v) is 6.14. The van der Waals surface area contributed by atoms with Crippen LogP contribution in [0.3, 0.4) is 0 Å². The molecule has 4 rings (SSSR count). The molecule has 5 nitrogen and oxygen atoms in total. The number of carbonyl (C=O) groups excluding carboxylic acids is 2. The second kappa shape index (κ2) is 5.97. The number of benzene rings is 1. The highest BCUT2D eigenvalue weighted by Gasteiger charge is 2.44. The molecule has 0 saturated carbocycles. The van der Waals surface area contributed by atoms with Crippen molar-refractivity contribution in [3.05, 3.63) is 46.8 Å². The number of Topliss-reactive ketones (excluding diaryl/α,β-unsaturated/α-hetero) is 1. The minimum Gasteiger partial charge on any atom is -0.406 e. The first-order valence-corrected chi connectivity index (χ1v) is 9.25. The Labute approximate surface area is 162 Å². The first-order chi connectivity index (χ1) is 13.0. The van der Waals surface area contributed by atoms with Gasteiger partial charge in [0.15, 0.2) is 5.78 Å². The van der Waals surface area contributed by atoms with Crippen LogP contribution >= 0.6 is 11.8 Å². The zero-order chi connectivity index (χ0) is 20.4. The van der Waals surface area contributed by atoms with E-state index in [1.807, 2.05) is 0 Å². The van der Waals surface area contributed by atoms with Crippen molar-refractivity contribution in [2.24, 2.45) is 0 Å². The van der Waals surface area contributed by atoms with E-state index in [9.17, 15) is 22.8 Å². The summed E-state index contributed by atoms with van der Waals surface area (Å²) in [4.78, 5) is 26.0. The van der Waals surface area contributed by atoms with Gasteiger partial charge in [-0.05, 0) is 31.5 Å². The average Bonchev–Trinajstić information content (AvgIpc) is 3.04. The molecule has 0 atom stereocenters. The number of nitrogens with zero attached hydrogens (tertiary/aromatic N) is 2.